The Morgan fingerprint density at radius 3 is 2.64 bits per heavy atom. The van der Waals surface area contributed by atoms with Gasteiger partial charge in [0.05, 0.1) is 26.0 Å². The molecule has 1 N–H and O–H groups in total. The molecule has 1 amide bonds. The van der Waals surface area contributed by atoms with E-state index >= 15 is 0 Å². The lowest BCUT2D eigenvalue weighted by Gasteiger charge is -2.33. The molecule has 1 aromatic carbocycles. The van der Waals surface area contributed by atoms with E-state index in [4.69, 9.17) is 9.47 Å². The summed E-state index contributed by atoms with van der Waals surface area (Å²) >= 11 is 0. The van der Waals surface area contributed by atoms with Crippen LogP contribution in [0.5, 0.6) is 5.75 Å². The number of aromatic nitrogens is 1. The van der Waals surface area contributed by atoms with Crippen molar-refractivity contribution < 1.29 is 14.3 Å². The fourth-order valence-corrected chi connectivity index (χ4v) is 4.83. The molecular weight excluding hydrogens is 418 g/mol. The second-order valence-corrected chi connectivity index (χ2v) is 9.09. The predicted molar refractivity (Wildman–Crippen MR) is 127 cm³/mol. The molecule has 0 spiro atoms. The van der Waals surface area contributed by atoms with Crippen molar-refractivity contribution >= 4 is 5.91 Å². The molecule has 1 aromatic heterocycles. The Morgan fingerprint density at radius 1 is 1.15 bits per heavy atom. The van der Waals surface area contributed by atoms with Gasteiger partial charge < -0.3 is 19.4 Å². The van der Waals surface area contributed by atoms with E-state index in [1.807, 2.05) is 22.8 Å². The molecule has 7 nitrogen and oxygen atoms in total. The number of hydrogen-bond acceptors (Lipinski definition) is 5. The summed E-state index contributed by atoms with van der Waals surface area (Å²) in [5, 5.41) is 3.21. The highest BCUT2D eigenvalue weighted by Crippen LogP contribution is 2.23. The summed E-state index contributed by atoms with van der Waals surface area (Å²) in [5.41, 5.74) is 1.79. The van der Waals surface area contributed by atoms with Crippen LogP contribution >= 0.6 is 0 Å². The van der Waals surface area contributed by atoms with Crippen molar-refractivity contribution in [3.05, 3.63) is 64.1 Å². The number of ether oxygens (including phenoxy) is 2. The van der Waals surface area contributed by atoms with E-state index in [9.17, 15) is 9.59 Å². The van der Waals surface area contributed by atoms with Crippen molar-refractivity contribution in [1.82, 2.24) is 14.8 Å². The lowest BCUT2D eigenvalue weighted by atomic mass is 10.1. The zero-order chi connectivity index (χ0) is 23.0. The summed E-state index contributed by atoms with van der Waals surface area (Å²) in [6, 6.07) is 12.0. The maximum Gasteiger partial charge on any atom is 0.240 e. The summed E-state index contributed by atoms with van der Waals surface area (Å²) in [6.07, 6.45) is 8.58. The van der Waals surface area contributed by atoms with Gasteiger partial charge in [0.2, 0.25) is 11.3 Å². The van der Waals surface area contributed by atoms with Gasteiger partial charge in [-0.1, -0.05) is 56.0 Å². The fraction of sp³-hybridized carbons (Fsp3) is 0.538. The molecule has 1 atom stereocenters. The topological polar surface area (TPSA) is 72.8 Å². The maximum absolute atomic E-state index is 12.9. The van der Waals surface area contributed by atoms with Gasteiger partial charge in [-0.25, -0.2) is 0 Å². The molecule has 1 saturated carbocycles. The predicted octanol–water partition coefficient (Wildman–Crippen LogP) is 3.27. The first kappa shape index (κ1) is 23.5. The summed E-state index contributed by atoms with van der Waals surface area (Å²) in [5.74, 6) is 0.239. The Labute approximate surface area is 195 Å². The lowest BCUT2D eigenvalue weighted by Crippen LogP contribution is -2.40. The average molecular weight is 454 g/mol. The van der Waals surface area contributed by atoms with Gasteiger partial charge in [-0.3, -0.25) is 14.5 Å². The molecule has 178 valence electrons. The van der Waals surface area contributed by atoms with E-state index in [-0.39, 0.29) is 35.8 Å². The van der Waals surface area contributed by atoms with Gasteiger partial charge >= 0.3 is 0 Å². The van der Waals surface area contributed by atoms with Gasteiger partial charge in [-0.15, -0.1) is 0 Å². The number of nitrogens with one attached hydrogen (secondary N) is 1. The number of rotatable bonds is 7. The van der Waals surface area contributed by atoms with Crippen molar-refractivity contribution in [2.75, 3.05) is 26.8 Å². The molecule has 33 heavy (non-hydrogen) atoms. The Hall–Kier alpha value is -2.64. The Morgan fingerprint density at radius 2 is 1.91 bits per heavy atom. The van der Waals surface area contributed by atoms with Crippen LogP contribution in [0, 0.1) is 0 Å². The van der Waals surface area contributed by atoms with Crippen LogP contribution in [0.4, 0.5) is 0 Å². The fourth-order valence-electron chi connectivity index (χ4n) is 4.83. The highest BCUT2D eigenvalue weighted by atomic mass is 16.5. The number of nitrogens with zero attached hydrogens (tertiary/aromatic N) is 2. The molecular formula is C26H35N3O4. The van der Waals surface area contributed by atoms with Crippen molar-refractivity contribution in [1.29, 1.82) is 0 Å². The molecule has 7 heteroatoms. The van der Waals surface area contributed by atoms with Crippen LogP contribution in [0.3, 0.4) is 0 Å². The van der Waals surface area contributed by atoms with Gasteiger partial charge in [-0.05, 0) is 18.4 Å². The number of morpholine rings is 1. The highest BCUT2D eigenvalue weighted by Gasteiger charge is 2.23. The minimum atomic E-state index is -0.166. The van der Waals surface area contributed by atoms with E-state index in [1.54, 1.807) is 12.3 Å². The summed E-state index contributed by atoms with van der Waals surface area (Å²) in [7, 11) is 1.48. The van der Waals surface area contributed by atoms with Gasteiger partial charge in [0.1, 0.15) is 6.54 Å². The molecule has 2 heterocycles. The standard InChI is InChI=1S/C26H35N3O4/c1-32-25-18-29(19-26(31)27-21-11-7-2-3-8-12-21)22(15-23(25)30)16-28-13-14-33-24(17-28)20-9-5-4-6-10-20/h4-6,9-10,15,18,21,24H,2-3,7-8,11-14,16-17,19H2,1H3,(H,27,31)/t24-/m1/s1. The van der Waals surface area contributed by atoms with Gasteiger partial charge in [-0.2, -0.15) is 0 Å². The molecule has 2 aromatic rings. The molecule has 0 unspecified atom stereocenters. The number of benzene rings is 1. The number of hydrogen-bond donors (Lipinski definition) is 1. The highest BCUT2D eigenvalue weighted by molar-refractivity contribution is 5.76. The molecule has 2 fully saturated rings. The third kappa shape index (κ3) is 6.45. The second kappa shape index (κ2) is 11.5. The van der Waals surface area contributed by atoms with Gasteiger partial charge in [0.25, 0.3) is 0 Å². The van der Waals surface area contributed by atoms with E-state index in [0.29, 0.717) is 13.2 Å². The number of carbonyl (C=O) groups is 1. The van der Waals surface area contributed by atoms with Crippen molar-refractivity contribution in [2.24, 2.45) is 0 Å². The molecule has 1 aliphatic heterocycles. The quantitative estimate of drug-likeness (QED) is 0.652. The minimum absolute atomic E-state index is 0.00287. The average Bonchev–Trinajstić information content (AvgIpc) is 3.10. The van der Waals surface area contributed by atoms with E-state index in [1.165, 1.54) is 32.8 Å². The van der Waals surface area contributed by atoms with Crippen molar-refractivity contribution in [3.8, 4) is 5.75 Å². The molecule has 1 saturated heterocycles. The van der Waals surface area contributed by atoms with Crippen LogP contribution in [0.1, 0.15) is 55.9 Å². The first-order valence-electron chi connectivity index (χ1n) is 12.1. The second-order valence-electron chi connectivity index (χ2n) is 9.09. The Balaban J connectivity index is 1.47. The largest absolute Gasteiger partial charge is 0.491 e. The monoisotopic (exact) mass is 453 g/mol. The van der Waals surface area contributed by atoms with Crippen LogP contribution in [0.15, 0.2) is 47.4 Å². The molecule has 0 radical (unpaired) electrons. The maximum atomic E-state index is 12.9. The van der Waals surface area contributed by atoms with Crippen LogP contribution in [0.2, 0.25) is 0 Å². The van der Waals surface area contributed by atoms with Crippen LogP contribution in [-0.4, -0.2) is 48.2 Å². The van der Waals surface area contributed by atoms with Gasteiger partial charge in [0.15, 0.2) is 5.75 Å². The smallest absolute Gasteiger partial charge is 0.240 e. The number of amides is 1. The van der Waals surface area contributed by atoms with Crippen molar-refractivity contribution in [2.45, 2.75) is 63.8 Å². The normalized spacial score (nSPS) is 20.2. The third-order valence-electron chi connectivity index (χ3n) is 6.64. The molecule has 1 aliphatic carbocycles. The van der Waals surface area contributed by atoms with Crippen LogP contribution in [0.25, 0.3) is 0 Å². The van der Waals surface area contributed by atoms with Crippen LogP contribution < -0.4 is 15.5 Å². The molecule has 2 aliphatic rings. The van der Waals surface area contributed by atoms with Crippen LogP contribution in [-0.2, 0) is 22.6 Å². The Bertz CT molecular complexity index is 967. The number of pyridine rings is 1. The first-order valence-corrected chi connectivity index (χ1v) is 12.1. The summed E-state index contributed by atoms with van der Waals surface area (Å²) < 4.78 is 13.1. The zero-order valence-electron chi connectivity index (χ0n) is 19.5. The summed E-state index contributed by atoms with van der Waals surface area (Å²) in [4.78, 5) is 27.7. The molecule has 4 rings (SSSR count). The minimum Gasteiger partial charge on any atom is -0.491 e. The van der Waals surface area contributed by atoms with E-state index < -0.39 is 0 Å². The summed E-state index contributed by atoms with van der Waals surface area (Å²) in [6.45, 7) is 2.88. The van der Waals surface area contributed by atoms with E-state index in [2.05, 4.69) is 22.3 Å². The van der Waals surface area contributed by atoms with Gasteiger partial charge in [0, 0.05) is 37.4 Å². The number of methoxy groups -OCH3 is 1. The third-order valence-corrected chi connectivity index (χ3v) is 6.64. The zero-order valence-corrected chi connectivity index (χ0v) is 19.5. The SMILES string of the molecule is COc1cn(CC(=O)NC2CCCCCC2)c(CN2CCO[C@@H](c3ccccc3)C2)cc1=O. The molecule has 0 bridgehead atoms. The van der Waals surface area contributed by atoms with Crippen molar-refractivity contribution in [3.63, 3.8) is 0 Å². The Kier molecular flexibility index (Phi) is 8.18. The number of carbonyl (C=O) groups excluding carboxylic acids is 1. The first-order chi connectivity index (χ1) is 16.1. The van der Waals surface area contributed by atoms with E-state index in [0.717, 1.165) is 37.2 Å². The lowest BCUT2D eigenvalue weighted by molar-refractivity contribution is -0.122.